The third-order valence-corrected chi connectivity index (χ3v) is 10.2. The van der Waals surface area contributed by atoms with E-state index in [9.17, 15) is 8.42 Å². The Morgan fingerprint density at radius 1 is 0.971 bits per heavy atom. The predicted molar refractivity (Wildman–Crippen MR) is 140 cm³/mol. The Bertz CT molecular complexity index is 1340. The van der Waals surface area contributed by atoms with E-state index in [1.54, 1.807) is 21.7 Å². The number of piperazine rings is 1. The zero-order chi connectivity index (χ0) is 24.7. The van der Waals surface area contributed by atoms with Crippen molar-refractivity contribution in [2.75, 3.05) is 57.4 Å². The van der Waals surface area contributed by atoms with Gasteiger partial charge in [-0.25, -0.2) is 18.4 Å². The van der Waals surface area contributed by atoms with Gasteiger partial charge in [0.2, 0.25) is 10.0 Å². The zero-order valence-electron chi connectivity index (χ0n) is 20.9. The molecule has 10 heteroatoms. The van der Waals surface area contributed by atoms with Crippen molar-refractivity contribution in [1.82, 2.24) is 19.2 Å². The second-order valence-electron chi connectivity index (χ2n) is 9.48. The van der Waals surface area contributed by atoms with Crippen molar-refractivity contribution in [2.24, 2.45) is 0 Å². The summed E-state index contributed by atoms with van der Waals surface area (Å²) < 4.78 is 33.9. The van der Waals surface area contributed by atoms with E-state index in [1.165, 1.54) is 10.4 Å². The van der Waals surface area contributed by atoms with Crippen LogP contribution in [0, 0.1) is 27.7 Å². The number of rotatable bonds is 5. The molecule has 0 N–H and O–H groups in total. The topological polar surface area (TPSA) is 78.9 Å². The Morgan fingerprint density at radius 2 is 1.69 bits per heavy atom. The fourth-order valence-electron chi connectivity index (χ4n) is 4.79. The predicted octanol–water partition coefficient (Wildman–Crippen LogP) is 3.27. The monoisotopic (exact) mass is 515 g/mol. The quantitative estimate of drug-likeness (QED) is 0.516. The first-order valence-electron chi connectivity index (χ1n) is 12.1. The largest absolute Gasteiger partial charge is 0.379 e. The van der Waals surface area contributed by atoms with Crippen LogP contribution in [0.25, 0.3) is 10.2 Å². The fourth-order valence-corrected chi connectivity index (χ4v) is 7.57. The molecule has 5 rings (SSSR count). The zero-order valence-corrected chi connectivity index (χ0v) is 22.5. The van der Waals surface area contributed by atoms with Gasteiger partial charge in [-0.3, -0.25) is 4.90 Å². The molecule has 8 nitrogen and oxygen atoms in total. The molecule has 4 heterocycles. The molecule has 188 valence electrons. The van der Waals surface area contributed by atoms with E-state index < -0.39 is 10.0 Å². The summed E-state index contributed by atoms with van der Waals surface area (Å²) in [4.78, 5) is 17.2. The minimum atomic E-state index is -3.54. The first kappa shape index (κ1) is 24.6. The minimum absolute atomic E-state index is 0.410. The van der Waals surface area contributed by atoms with Crippen molar-refractivity contribution in [1.29, 1.82) is 0 Å². The summed E-state index contributed by atoms with van der Waals surface area (Å²) >= 11 is 1.71. The number of sulfonamides is 1. The van der Waals surface area contributed by atoms with Crippen molar-refractivity contribution in [3.05, 3.63) is 45.6 Å². The molecule has 2 aromatic heterocycles. The van der Waals surface area contributed by atoms with Gasteiger partial charge in [-0.2, -0.15) is 4.31 Å². The van der Waals surface area contributed by atoms with Crippen LogP contribution in [-0.2, 0) is 21.3 Å². The van der Waals surface area contributed by atoms with E-state index in [4.69, 9.17) is 14.7 Å². The van der Waals surface area contributed by atoms with E-state index in [0.717, 1.165) is 59.3 Å². The Morgan fingerprint density at radius 3 is 2.40 bits per heavy atom. The lowest BCUT2D eigenvalue weighted by atomic mass is 10.2. The molecule has 2 saturated heterocycles. The van der Waals surface area contributed by atoms with E-state index in [2.05, 4.69) is 23.6 Å². The molecule has 2 aliphatic rings. The van der Waals surface area contributed by atoms with E-state index in [-0.39, 0.29) is 0 Å². The second kappa shape index (κ2) is 9.74. The minimum Gasteiger partial charge on any atom is -0.379 e. The van der Waals surface area contributed by atoms with E-state index in [0.29, 0.717) is 37.6 Å². The van der Waals surface area contributed by atoms with Crippen molar-refractivity contribution in [2.45, 2.75) is 39.1 Å². The normalized spacial score (nSPS) is 18.5. The van der Waals surface area contributed by atoms with Crippen LogP contribution in [0.5, 0.6) is 0 Å². The first-order valence-corrected chi connectivity index (χ1v) is 14.4. The average Bonchev–Trinajstić information content (AvgIpc) is 3.14. The molecule has 3 aromatic rings. The van der Waals surface area contributed by atoms with Gasteiger partial charge in [0.25, 0.3) is 0 Å². The van der Waals surface area contributed by atoms with Crippen molar-refractivity contribution in [3.8, 4) is 0 Å². The van der Waals surface area contributed by atoms with Gasteiger partial charge in [0.15, 0.2) is 0 Å². The third kappa shape index (κ3) is 4.82. The van der Waals surface area contributed by atoms with Crippen LogP contribution in [0.15, 0.2) is 23.1 Å². The summed E-state index contributed by atoms with van der Waals surface area (Å²) in [7, 11) is -3.54. The Labute approximate surface area is 211 Å². The lowest BCUT2D eigenvalue weighted by molar-refractivity contribution is 0.0331. The molecule has 0 amide bonds. The molecule has 2 aliphatic heterocycles. The van der Waals surface area contributed by atoms with Gasteiger partial charge in [0.1, 0.15) is 16.5 Å². The van der Waals surface area contributed by atoms with Gasteiger partial charge in [-0.05, 0) is 50.5 Å². The highest BCUT2D eigenvalue weighted by atomic mass is 32.2. The summed E-state index contributed by atoms with van der Waals surface area (Å²) in [6.45, 7) is 14.0. The summed E-state index contributed by atoms with van der Waals surface area (Å²) in [5.41, 5.74) is 2.95. The maximum atomic E-state index is 13.4. The molecule has 0 radical (unpaired) electrons. The van der Waals surface area contributed by atoms with Gasteiger partial charge in [-0.1, -0.05) is 12.1 Å². The number of anilines is 1. The molecule has 1 aromatic carbocycles. The molecule has 2 fully saturated rings. The highest BCUT2D eigenvalue weighted by Crippen LogP contribution is 2.36. The van der Waals surface area contributed by atoms with Gasteiger partial charge in [0, 0.05) is 44.1 Å². The number of benzene rings is 1. The molecular formula is C25H33N5O3S2. The molecule has 0 bridgehead atoms. The Balaban J connectivity index is 1.41. The van der Waals surface area contributed by atoms with Crippen LogP contribution in [0.4, 0.5) is 5.82 Å². The first-order chi connectivity index (χ1) is 16.7. The number of aryl methyl sites for hydroxylation is 4. The summed E-state index contributed by atoms with van der Waals surface area (Å²) in [5.74, 6) is 1.75. The van der Waals surface area contributed by atoms with Gasteiger partial charge < -0.3 is 9.64 Å². The number of fused-ring (bicyclic) bond motifs is 1. The summed E-state index contributed by atoms with van der Waals surface area (Å²) in [6.07, 6.45) is 0. The Hall–Kier alpha value is -2.11. The van der Waals surface area contributed by atoms with Crippen LogP contribution in [0.2, 0.25) is 0 Å². The number of hydrogen-bond acceptors (Lipinski definition) is 8. The number of nitrogens with zero attached hydrogens (tertiary/aromatic N) is 5. The van der Waals surface area contributed by atoms with Crippen LogP contribution >= 0.6 is 11.3 Å². The fraction of sp³-hybridized carbons (Fsp3) is 0.520. The smallest absolute Gasteiger partial charge is 0.243 e. The number of thiophene rings is 1. The van der Waals surface area contributed by atoms with Gasteiger partial charge in [-0.15, -0.1) is 11.3 Å². The maximum absolute atomic E-state index is 13.4. The second-order valence-corrected chi connectivity index (χ2v) is 12.6. The van der Waals surface area contributed by atoms with Crippen molar-refractivity contribution >= 4 is 37.4 Å². The van der Waals surface area contributed by atoms with Crippen LogP contribution < -0.4 is 4.90 Å². The molecular weight excluding hydrogens is 482 g/mol. The summed E-state index contributed by atoms with van der Waals surface area (Å²) in [5, 5.41) is 1.10. The average molecular weight is 516 g/mol. The van der Waals surface area contributed by atoms with E-state index >= 15 is 0 Å². The molecule has 0 saturated carbocycles. The summed E-state index contributed by atoms with van der Waals surface area (Å²) in [6, 6.07) is 5.61. The molecule has 0 aliphatic carbocycles. The molecule has 0 unspecified atom stereocenters. The van der Waals surface area contributed by atoms with Gasteiger partial charge in [0.05, 0.1) is 30.0 Å². The lowest BCUT2D eigenvalue weighted by Gasteiger charge is -2.35. The standard InChI is InChI=1S/C25H33N5O3S2/c1-17-5-6-18(2)21(15-17)35(31,32)30-9-7-29(8-10-30)24-23-19(3)20(4)34-25(23)27-22(26-24)16-28-11-13-33-14-12-28/h5-6,15H,7-14,16H2,1-4H3. The van der Waals surface area contributed by atoms with Crippen molar-refractivity contribution in [3.63, 3.8) is 0 Å². The number of ether oxygens (including phenoxy) is 1. The highest BCUT2D eigenvalue weighted by molar-refractivity contribution is 7.89. The molecule has 35 heavy (non-hydrogen) atoms. The Kier molecular flexibility index (Phi) is 6.84. The van der Waals surface area contributed by atoms with Crippen LogP contribution in [0.3, 0.4) is 0 Å². The highest BCUT2D eigenvalue weighted by Gasteiger charge is 2.31. The number of hydrogen-bond donors (Lipinski definition) is 0. The van der Waals surface area contributed by atoms with E-state index in [1.807, 2.05) is 26.0 Å². The maximum Gasteiger partial charge on any atom is 0.243 e. The number of morpholine rings is 1. The third-order valence-electron chi connectivity index (χ3n) is 7.02. The van der Waals surface area contributed by atoms with Crippen molar-refractivity contribution < 1.29 is 13.2 Å². The lowest BCUT2D eigenvalue weighted by Crippen LogP contribution is -2.49. The number of aromatic nitrogens is 2. The van der Waals surface area contributed by atoms with Crippen LogP contribution in [0.1, 0.15) is 27.4 Å². The molecule has 0 spiro atoms. The van der Waals surface area contributed by atoms with Crippen LogP contribution in [-0.4, -0.2) is 80.1 Å². The molecule has 0 atom stereocenters. The SMILES string of the molecule is Cc1ccc(C)c(S(=O)(=O)N2CCN(c3nc(CN4CCOCC4)nc4sc(C)c(C)c34)CC2)c1. The van der Waals surface area contributed by atoms with Gasteiger partial charge >= 0.3 is 0 Å².